The molecule has 23 heavy (non-hydrogen) atoms. The Kier molecular flexibility index (Phi) is 2.73. The normalized spacial score (nSPS) is 24.6. The van der Waals surface area contributed by atoms with Crippen molar-refractivity contribution >= 4 is 34.5 Å². The van der Waals surface area contributed by atoms with Crippen LogP contribution in [0, 0.1) is 0 Å². The minimum atomic E-state index is -1.94. The van der Waals surface area contributed by atoms with Gasteiger partial charge in [0.2, 0.25) is 0 Å². The fraction of sp³-hybridized carbons (Fsp3) is 0.278. The summed E-state index contributed by atoms with van der Waals surface area (Å²) in [6, 6.07) is 12.7. The van der Waals surface area contributed by atoms with E-state index in [0.29, 0.717) is 16.3 Å². The third kappa shape index (κ3) is 2.80. The number of piperazine rings is 1. The van der Waals surface area contributed by atoms with Crippen molar-refractivity contribution in [2.45, 2.75) is 0 Å². The number of rotatable bonds is 0. The second kappa shape index (κ2) is 5.87. The maximum absolute atomic E-state index is 8.53. The zero-order valence-corrected chi connectivity index (χ0v) is 13.4. The Morgan fingerprint density at radius 1 is 1.13 bits per heavy atom. The number of aliphatic imine (C=N–C) groups is 1. The number of halogens is 1. The van der Waals surface area contributed by atoms with E-state index >= 15 is 0 Å². The minimum Gasteiger partial charge on any atom is -0.353 e. The lowest BCUT2D eigenvalue weighted by atomic mass is 10.1. The number of likely N-dealkylation sites (N-methyl/N-ethyl adjacent to an activating group) is 1. The number of hydrogen-bond donors (Lipinski definition) is 1. The number of nitrogens with one attached hydrogen (secondary N) is 1. The maximum Gasteiger partial charge on any atom is 0.138 e. The van der Waals surface area contributed by atoms with Crippen molar-refractivity contribution in [3.63, 3.8) is 0 Å². The average molecular weight is 331 g/mol. The first-order chi connectivity index (χ1) is 12.7. The van der Waals surface area contributed by atoms with Crippen molar-refractivity contribution in [3.05, 3.63) is 53.1 Å². The highest BCUT2D eigenvalue weighted by atomic mass is 35.5. The van der Waals surface area contributed by atoms with Gasteiger partial charge in [-0.2, -0.15) is 0 Å². The van der Waals surface area contributed by atoms with Gasteiger partial charge in [-0.15, -0.1) is 0 Å². The number of hydrogen-bond acceptors (Lipinski definition) is 4. The summed E-state index contributed by atoms with van der Waals surface area (Å²) in [4.78, 5) is 7.50. The van der Waals surface area contributed by atoms with E-state index in [1.54, 1.807) is 24.1 Å². The Bertz CT molecular complexity index is 913. The van der Waals surface area contributed by atoms with Crippen molar-refractivity contribution < 1.29 is 5.48 Å². The van der Waals surface area contributed by atoms with E-state index in [0.717, 1.165) is 16.3 Å². The first-order valence-electron chi connectivity index (χ1n) is 9.41. The van der Waals surface area contributed by atoms with Crippen LogP contribution < -0.4 is 5.32 Å². The van der Waals surface area contributed by atoms with Crippen LogP contribution in [0.4, 0.5) is 17.1 Å². The molecule has 0 unspecified atom stereocenters. The van der Waals surface area contributed by atoms with Gasteiger partial charge in [0.25, 0.3) is 0 Å². The van der Waals surface area contributed by atoms with E-state index in [1.807, 2.05) is 30.3 Å². The zero-order chi connectivity index (χ0) is 19.4. The van der Waals surface area contributed by atoms with Crippen molar-refractivity contribution in [3.8, 4) is 0 Å². The minimum absolute atomic E-state index is 0.0729. The second-order valence-electron chi connectivity index (χ2n) is 5.59. The van der Waals surface area contributed by atoms with E-state index in [-0.39, 0.29) is 18.9 Å². The summed E-state index contributed by atoms with van der Waals surface area (Å²) in [5.74, 6) is 0.252. The molecular weight excluding hydrogens is 308 g/mol. The SMILES string of the molecule is [2H]C1([2H])CN(C)CC([2H])([2H])N1C1=Nc2cc(Cl)ccc2Nc2ccccc21. The van der Waals surface area contributed by atoms with Crippen LogP contribution in [0.1, 0.15) is 11.0 Å². The Labute approximate surface area is 147 Å². The monoisotopic (exact) mass is 330 g/mol. The predicted molar refractivity (Wildman–Crippen MR) is 96.4 cm³/mol. The molecule has 1 fully saturated rings. The van der Waals surface area contributed by atoms with E-state index in [4.69, 9.17) is 17.1 Å². The number of benzene rings is 2. The molecule has 0 bridgehead atoms. The number of amidine groups is 1. The molecule has 0 aromatic heterocycles. The van der Waals surface area contributed by atoms with Gasteiger partial charge in [-0.05, 0) is 37.4 Å². The third-order valence-corrected chi connectivity index (χ3v) is 4.07. The molecule has 0 aliphatic carbocycles. The quantitative estimate of drug-likeness (QED) is 0.798. The van der Waals surface area contributed by atoms with E-state index < -0.39 is 13.0 Å². The Hall–Kier alpha value is -2.04. The highest BCUT2D eigenvalue weighted by molar-refractivity contribution is 6.31. The number of anilines is 2. The molecule has 4 rings (SSSR count). The molecule has 118 valence electrons. The third-order valence-electron chi connectivity index (χ3n) is 3.83. The van der Waals surface area contributed by atoms with Gasteiger partial charge in [-0.25, -0.2) is 4.99 Å². The number of para-hydroxylation sites is 1. The summed E-state index contributed by atoms with van der Waals surface area (Å²) in [6.07, 6.45) is 0. The Morgan fingerprint density at radius 2 is 1.91 bits per heavy atom. The van der Waals surface area contributed by atoms with Gasteiger partial charge >= 0.3 is 0 Å². The van der Waals surface area contributed by atoms with Crippen molar-refractivity contribution in [2.75, 3.05) is 38.4 Å². The standard InChI is InChI=1S/C18H19ClN4/c1-22-8-10-23(11-9-22)18-14-4-2-3-5-15(14)20-16-7-6-13(19)12-17(16)21-18/h2-7,12,20H,8-11H2,1H3/i10D2,11D2. The van der Waals surface area contributed by atoms with E-state index in [1.165, 1.54) is 0 Å². The molecule has 0 saturated carbocycles. The van der Waals surface area contributed by atoms with Gasteiger partial charge in [0.15, 0.2) is 0 Å². The van der Waals surface area contributed by atoms with E-state index in [9.17, 15) is 0 Å². The lowest BCUT2D eigenvalue weighted by molar-refractivity contribution is 0.216. The second-order valence-corrected chi connectivity index (χ2v) is 6.03. The highest BCUT2D eigenvalue weighted by Gasteiger charge is 2.23. The first-order valence-corrected chi connectivity index (χ1v) is 7.79. The fourth-order valence-corrected chi connectivity index (χ4v) is 2.79. The zero-order valence-electron chi connectivity index (χ0n) is 16.7. The lowest BCUT2D eigenvalue weighted by Crippen LogP contribution is -2.47. The summed E-state index contributed by atoms with van der Waals surface area (Å²) in [6.45, 7) is -3.73. The molecular formula is C18H19ClN4. The lowest BCUT2D eigenvalue weighted by Gasteiger charge is -2.34. The molecule has 2 aliphatic heterocycles. The summed E-state index contributed by atoms with van der Waals surface area (Å²) >= 11 is 6.14. The summed E-state index contributed by atoms with van der Waals surface area (Å²) < 4.78 is 34.1. The van der Waals surface area contributed by atoms with Crippen molar-refractivity contribution in [2.24, 2.45) is 4.99 Å². The molecule has 2 aromatic carbocycles. The molecule has 2 heterocycles. The Balaban J connectivity index is 1.96. The smallest absolute Gasteiger partial charge is 0.138 e. The van der Waals surface area contributed by atoms with Crippen LogP contribution >= 0.6 is 11.6 Å². The highest BCUT2D eigenvalue weighted by Crippen LogP contribution is 2.36. The van der Waals surface area contributed by atoms with Crippen LogP contribution in [-0.4, -0.2) is 48.8 Å². The van der Waals surface area contributed by atoms with Crippen LogP contribution in [0.15, 0.2) is 47.5 Å². The largest absolute Gasteiger partial charge is 0.353 e. The summed E-state index contributed by atoms with van der Waals surface area (Å²) in [5.41, 5.74) is 2.65. The van der Waals surface area contributed by atoms with Gasteiger partial charge in [0.1, 0.15) is 5.84 Å². The predicted octanol–water partition coefficient (Wildman–Crippen LogP) is 3.72. The van der Waals surface area contributed by atoms with Crippen LogP contribution in [-0.2, 0) is 0 Å². The van der Waals surface area contributed by atoms with Crippen LogP contribution in [0.2, 0.25) is 5.02 Å². The maximum atomic E-state index is 8.53. The molecule has 0 atom stereocenters. The molecule has 2 aliphatic rings. The molecule has 0 amide bonds. The van der Waals surface area contributed by atoms with Gasteiger partial charge in [0.05, 0.1) is 16.9 Å². The van der Waals surface area contributed by atoms with Crippen molar-refractivity contribution in [1.29, 1.82) is 0 Å². The molecule has 4 nitrogen and oxygen atoms in total. The Morgan fingerprint density at radius 3 is 2.74 bits per heavy atom. The van der Waals surface area contributed by atoms with Crippen LogP contribution in [0.3, 0.4) is 0 Å². The molecule has 0 spiro atoms. The topological polar surface area (TPSA) is 30.9 Å². The first kappa shape index (κ1) is 10.7. The molecule has 1 N–H and O–H groups in total. The van der Waals surface area contributed by atoms with Crippen LogP contribution in [0.5, 0.6) is 0 Å². The van der Waals surface area contributed by atoms with Gasteiger partial charge in [-0.3, -0.25) is 0 Å². The van der Waals surface area contributed by atoms with E-state index in [2.05, 4.69) is 10.3 Å². The van der Waals surface area contributed by atoms with Crippen molar-refractivity contribution in [1.82, 2.24) is 9.80 Å². The number of fused-ring (bicyclic) bond motifs is 2. The van der Waals surface area contributed by atoms with Crippen LogP contribution in [0.25, 0.3) is 0 Å². The summed E-state index contributed by atoms with van der Waals surface area (Å²) in [7, 11) is 1.71. The molecule has 0 radical (unpaired) electrons. The molecule has 1 saturated heterocycles. The van der Waals surface area contributed by atoms with Gasteiger partial charge in [-0.1, -0.05) is 23.7 Å². The molecule has 2 aromatic rings. The van der Waals surface area contributed by atoms with Gasteiger partial charge < -0.3 is 15.1 Å². The average Bonchev–Trinajstić information content (AvgIpc) is 2.69. The summed E-state index contributed by atoms with van der Waals surface area (Å²) in [5, 5.41) is 3.82. The van der Waals surface area contributed by atoms with Gasteiger partial charge in [0, 0.05) is 42.4 Å². The fourth-order valence-electron chi connectivity index (χ4n) is 2.62. The molecule has 5 heteroatoms. The number of nitrogens with zero attached hydrogens (tertiary/aromatic N) is 3.